The molecule has 0 aliphatic carbocycles. The van der Waals surface area contributed by atoms with E-state index in [0.717, 1.165) is 36.4 Å². The maximum absolute atomic E-state index is 10.8. The van der Waals surface area contributed by atoms with Gasteiger partial charge in [0.2, 0.25) is 0 Å². The van der Waals surface area contributed by atoms with Gasteiger partial charge in [0.15, 0.2) is 0 Å². The Bertz CT molecular complexity index is 866. The molecular weight excluding hydrogens is 346 g/mol. The Hall–Kier alpha value is -2.62. The molecule has 3 nitrogen and oxygen atoms in total. The van der Waals surface area contributed by atoms with Gasteiger partial charge in [-0.25, -0.2) is 0 Å². The van der Waals surface area contributed by atoms with E-state index in [1.165, 1.54) is 5.56 Å². The molecule has 0 radical (unpaired) electrons. The largest absolute Gasteiger partial charge is 0.489 e. The monoisotopic (exact) mass is 373 g/mol. The van der Waals surface area contributed by atoms with E-state index in [2.05, 4.69) is 53.4 Å². The summed E-state index contributed by atoms with van der Waals surface area (Å²) in [5, 5.41) is 10.8. The van der Waals surface area contributed by atoms with Gasteiger partial charge in [0.25, 0.3) is 0 Å². The van der Waals surface area contributed by atoms with E-state index < -0.39 is 0 Å². The normalized spacial score (nSPS) is 20.0. The fourth-order valence-electron chi connectivity index (χ4n) is 3.95. The number of β-amino-alcohol motifs (C(OH)–C–C–N with tert-alkyl or cyclic N) is 1. The van der Waals surface area contributed by atoms with Crippen molar-refractivity contribution >= 4 is 0 Å². The van der Waals surface area contributed by atoms with Gasteiger partial charge in [0.1, 0.15) is 12.4 Å². The van der Waals surface area contributed by atoms with E-state index in [1.807, 2.05) is 36.4 Å². The Kier molecular flexibility index (Phi) is 6.05. The highest BCUT2D eigenvalue weighted by Gasteiger charge is 2.29. The van der Waals surface area contributed by atoms with Gasteiger partial charge in [-0.05, 0) is 41.8 Å². The Morgan fingerprint density at radius 3 is 2.29 bits per heavy atom. The van der Waals surface area contributed by atoms with Crippen LogP contribution in [-0.2, 0) is 13.2 Å². The van der Waals surface area contributed by atoms with Crippen LogP contribution in [0.2, 0.25) is 0 Å². The number of rotatable bonds is 6. The minimum Gasteiger partial charge on any atom is -0.489 e. The second-order valence-corrected chi connectivity index (χ2v) is 7.53. The van der Waals surface area contributed by atoms with Crippen LogP contribution in [0.1, 0.15) is 29.0 Å². The molecule has 144 valence electrons. The van der Waals surface area contributed by atoms with E-state index in [0.29, 0.717) is 13.2 Å². The zero-order chi connectivity index (χ0) is 19.2. The molecule has 2 atom stereocenters. The number of nitrogens with zero attached hydrogens (tertiary/aromatic N) is 1. The molecule has 1 heterocycles. The first-order valence-electron chi connectivity index (χ1n) is 9.99. The molecule has 1 N–H and O–H groups in total. The van der Waals surface area contributed by atoms with Crippen molar-refractivity contribution in [3.8, 4) is 5.75 Å². The lowest BCUT2D eigenvalue weighted by molar-refractivity contribution is 0.0476. The number of aliphatic hydroxyl groups excluding tert-OH is 1. The van der Waals surface area contributed by atoms with E-state index >= 15 is 0 Å². The molecule has 1 aliphatic heterocycles. The smallest absolute Gasteiger partial charge is 0.120 e. The molecule has 4 rings (SSSR count). The fraction of sp³-hybridized carbons (Fsp3) is 0.280. The van der Waals surface area contributed by atoms with Gasteiger partial charge in [-0.15, -0.1) is 0 Å². The number of benzene rings is 3. The maximum atomic E-state index is 10.8. The van der Waals surface area contributed by atoms with Crippen LogP contribution in [0.15, 0.2) is 84.9 Å². The summed E-state index contributed by atoms with van der Waals surface area (Å²) in [5.74, 6) is 1.02. The predicted octanol–water partition coefficient (Wildman–Crippen LogP) is 4.62. The summed E-state index contributed by atoms with van der Waals surface area (Å²) in [7, 11) is 0. The zero-order valence-corrected chi connectivity index (χ0v) is 16.1. The summed E-state index contributed by atoms with van der Waals surface area (Å²) < 4.78 is 5.97. The van der Waals surface area contributed by atoms with Gasteiger partial charge in [-0.3, -0.25) is 4.90 Å². The standard InChI is InChI=1S/C25H27NO2/c27-25-18-26(17-20-8-3-1-4-9-20)15-14-24(25)22-12-7-13-23(16-22)28-19-21-10-5-2-6-11-21/h1-13,16,24-25,27H,14-15,17-19H2. The lowest BCUT2D eigenvalue weighted by Gasteiger charge is -2.36. The van der Waals surface area contributed by atoms with Crippen molar-refractivity contribution in [2.24, 2.45) is 0 Å². The third-order valence-electron chi connectivity index (χ3n) is 5.45. The Labute approximate surface area is 167 Å². The summed E-state index contributed by atoms with van der Waals surface area (Å²) in [4.78, 5) is 2.34. The van der Waals surface area contributed by atoms with E-state index in [9.17, 15) is 5.11 Å². The molecule has 3 heteroatoms. The van der Waals surface area contributed by atoms with Crippen LogP contribution in [-0.4, -0.2) is 29.2 Å². The third kappa shape index (κ3) is 4.80. The number of likely N-dealkylation sites (tertiary alicyclic amines) is 1. The number of hydrogen-bond donors (Lipinski definition) is 1. The van der Waals surface area contributed by atoms with Crippen LogP contribution in [0.25, 0.3) is 0 Å². The van der Waals surface area contributed by atoms with E-state index in [4.69, 9.17) is 4.74 Å². The van der Waals surface area contributed by atoms with Gasteiger partial charge in [-0.2, -0.15) is 0 Å². The van der Waals surface area contributed by atoms with Crippen molar-refractivity contribution in [2.45, 2.75) is 31.6 Å². The molecule has 0 spiro atoms. The van der Waals surface area contributed by atoms with Gasteiger partial charge in [0.05, 0.1) is 6.10 Å². The first-order valence-corrected chi connectivity index (χ1v) is 9.99. The van der Waals surface area contributed by atoms with Crippen molar-refractivity contribution < 1.29 is 9.84 Å². The summed E-state index contributed by atoms with van der Waals surface area (Å²) >= 11 is 0. The molecule has 0 aromatic heterocycles. The summed E-state index contributed by atoms with van der Waals surface area (Å²) in [6.45, 7) is 3.15. The average Bonchev–Trinajstić information content (AvgIpc) is 2.74. The second-order valence-electron chi connectivity index (χ2n) is 7.53. The van der Waals surface area contributed by atoms with Gasteiger partial charge in [-0.1, -0.05) is 72.8 Å². The Morgan fingerprint density at radius 1 is 0.857 bits per heavy atom. The van der Waals surface area contributed by atoms with E-state index in [-0.39, 0.29) is 12.0 Å². The Morgan fingerprint density at radius 2 is 1.57 bits per heavy atom. The molecule has 0 amide bonds. The third-order valence-corrected chi connectivity index (χ3v) is 5.45. The van der Waals surface area contributed by atoms with Gasteiger partial charge in [0, 0.05) is 19.0 Å². The number of aliphatic hydroxyl groups is 1. The molecule has 28 heavy (non-hydrogen) atoms. The molecule has 1 saturated heterocycles. The molecule has 3 aromatic carbocycles. The minimum absolute atomic E-state index is 0.160. The summed E-state index contributed by atoms with van der Waals surface area (Å²) in [6, 6.07) is 28.9. The topological polar surface area (TPSA) is 32.7 Å². The fourth-order valence-corrected chi connectivity index (χ4v) is 3.95. The van der Waals surface area contributed by atoms with Crippen molar-refractivity contribution in [3.05, 3.63) is 102 Å². The second kappa shape index (κ2) is 9.05. The predicted molar refractivity (Wildman–Crippen MR) is 112 cm³/mol. The van der Waals surface area contributed by atoms with Crippen molar-refractivity contribution in [3.63, 3.8) is 0 Å². The average molecular weight is 373 g/mol. The number of ether oxygens (including phenoxy) is 1. The lowest BCUT2D eigenvalue weighted by atomic mass is 9.87. The molecular formula is C25H27NO2. The molecule has 1 aliphatic rings. The zero-order valence-electron chi connectivity index (χ0n) is 16.1. The van der Waals surface area contributed by atoms with Crippen LogP contribution >= 0.6 is 0 Å². The summed E-state index contributed by atoms with van der Waals surface area (Å²) in [5.41, 5.74) is 3.61. The van der Waals surface area contributed by atoms with Crippen LogP contribution < -0.4 is 4.74 Å². The Balaban J connectivity index is 1.36. The van der Waals surface area contributed by atoms with Crippen molar-refractivity contribution in [2.75, 3.05) is 13.1 Å². The van der Waals surface area contributed by atoms with Crippen molar-refractivity contribution in [1.82, 2.24) is 4.90 Å². The highest BCUT2D eigenvalue weighted by molar-refractivity contribution is 5.32. The maximum Gasteiger partial charge on any atom is 0.120 e. The van der Waals surface area contributed by atoms with Crippen LogP contribution in [0.3, 0.4) is 0 Å². The molecule has 0 saturated carbocycles. The molecule has 2 unspecified atom stereocenters. The van der Waals surface area contributed by atoms with Gasteiger partial charge < -0.3 is 9.84 Å². The SMILES string of the molecule is OC1CN(Cc2ccccc2)CCC1c1cccc(OCc2ccccc2)c1. The van der Waals surface area contributed by atoms with Crippen molar-refractivity contribution in [1.29, 1.82) is 0 Å². The van der Waals surface area contributed by atoms with E-state index in [1.54, 1.807) is 0 Å². The highest BCUT2D eigenvalue weighted by Crippen LogP contribution is 2.31. The number of piperidine rings is 1. The highest BCUT2D eigenvalue weighted by atomic mass is 16.5. The number of hydrogen-bond acceptors (Lipinski definition) is 3. The molecule has 3 aromatic rings. The molecule has 1 fully saturated rings. The van der Waals surface area contributed by atoms with Crippen LogP contribution in [0.5, 0.6) is 5.75 Å². The quantitative estimate of drug-likeness (QED) is 0.685. The lowest BCUT2D eigenvalue weighted by Crippen LogP contribution is -2.42. The first kappa shape index (κ1) is 18.7. The summed E-state index contributed by atoms with van der Waals surface area (Å²) in [6.07, 6.45) is 0.595. The van der Waals surface area contributed by atoms with Gasteiger partial charge >= 0.3 is 0 Å². The van der Waals surface area contributed by atoms with Crippen LogP contribution in [0, 0.1) is 0 Å². The molecule has 0 bridgehead atoms. The van der Waals surface area contributed by atoms with Crippen LogP contribution in [0.4, 0.5) is 0 Å². The first-order chi connectivity index (χ1) is 13.8. The minimum atomic E-state index is -0.359.